The zero-order valence-corrected chi connectivity index (χ0v) is 18.7. The molecule has 0 unspecified atom stereocenters. The van der Waals surface area contributed by atoms with Crippen LogP contribution in [0.2, 0.25) is 19.6 Å². The Morgan fingerprint density at radius 3 is 1.91 bits per heavy atom. The molecule has 1 aromatic carbocycles. The van der Waals surface area contributed by atoms with Crippen LogP contribution in [0.3, 0.4) is 0 Å². The van der Waals surface area contributed by atoms with E-state index in [1.165, 1.54) is 22.3 Å². The molecule has 1 aromatic rings. The number of hydrogen-bond donors (Lipinski definition) is 0. The molecule has 0 amide bonds. The summed E-state index contributed by atoms with van der Waals surface area (Å²) in [7, 11) is -1.21. The fourth-order valence-electron chi connectivity index (χ4n) is 2.79. The molecule has 0 spiro atoms. The zero-order valence-electron chi connectivity index (χ0n) is 13.9. The molecule has 0 aromatic heterocycles. The Hall–Kier alpha value is 0.501. The van der Waals surface area contributed by atoms with Crippen molar-refractivity contribution in [2.75, 3.05) is 0 Å². The van der Waals surface area contributed by atoms with Gasteiger partial charge in [-0.25, -0.2) is 10.8 Å². The van der Waals surface area contributed by atoms with Crippen LogP contribution in [0.4, 0.5) is 0 Å². The Kier molecular flexibility index (Phi) is 13.8. The van der Waals surface area contributed by atoms with Gasteiger partial charge >= 0.3 is 21.7 Å². The van der Waals surface area contributed by atoms with E-state index in [4.69, 9.17) is 0 Å². The summed E-state index contributed by atoms with van der Waals surface area (Å²) in [6, 6.07) is 6.86. The zero-order chi connectivity index (χ0) is 13.3. The first-order chi connectivity index (χ1) is 8.36. The summed E-state index contributed by atoms with van der Waals surface area (Å²) in [5.41, 5.74) is 5.62. The summed E-state index contributed by atoms with van der Waals surface area (Å²) < 4.78 is 0. The van der Waals surface area contributed by atoms with Crippen molar-refractivity contribution in [1.29, 1.82) is 0 Å². The standard InChI is InChI=1S/C17H23Si.3ClH.Ti/c1-13-9-14(2)11-15(10-13)12-16-7-6-8-17(16)18(3,4)5;;;;/h8-11H,6,12H2,1-5H3;3*1H;/q-1;;;;+4/p-3. The van der Waals surface area contributed by atoms with E-state index < -0.39 is 8.07 Å². The fraction of sp³-hybridized carbons (Fsp3) is 0.412. The molecule has 2 rings (SSSR count). The second-order valence-corrected chi connectivity index (χ2v) is 11.4. The first-order valence-corrected chi connectivity index (χ1v) is 10.2. The Morgan fingerprint density at radius 1 is 0.955 bits per heavy atom. The van der Waals surface area contributed by atoms with Gasteiger partial charge in [0.15, 0.2) is 0 Å². The van der Waals surface area contributed by atoms with Crippen LogP contribution in [0.25, 0.3) is 0 Å². The van der Waals surface area contributed by atoms with Gasteiger partial charge in [0.05, 0.1) is 0 Å². The molecular formula is C17H23Cl3SiTi. The molecule has 0 saturated carbocycles. The van der Waals surface area contributed by atoms with E-state index in [1.54, 1.807) is 5.20 Å². The van der Waals surface area contributed by atoms with Crippen molar-refractivity contribution >= 4 is 8.07 Å². The van der Waals surface area contributed by atoms with E-state index in [9.17, 15) is 0 Å². The SMILES string of the molecule is Cc1cc(C)cc(CC2=[C-]CC=C2[Si](C)(C)C)c1.[Cl-].[Cl-].[Cl-].[Ti+4]. The monoisotopic (exact) mass is 408 g/mol. The van der Waals surface area contributed by atoms with Gasteiger partial charge in [0.25, 0.3) is 0 Å². The predicted molar refractivity (Wildman–Crippen MR) is 82.4 cm³/mol. The summed E-state index contributed by atoms with van der Waals surface area (Å²) in [5, 5.41) is 1.61. The Balaban J connectivity index is -0.000000902. The van der Waals surface area contributed by atoms with Crippen LogP contribution in [0.1, 0.15) is 23.1 Å². The topological polar surface area (TPSA) is 0 Å². The van der Waals surface area contributed by atoms with Gasteiger partial charge in [-0.3, -0.25) is 6.08 Å². The van der Waals surface area contributed by atoms with E-state index in [1.807, 2.05) is 0 Å². The molecule has 120 valence electrons. The molecule has 0 nitrogen and oxygen atoms in total. The van der Waals surface area contributed by atoms with Crippen LogP contribution in [-0.4, -0.2) is 8.07 Å². The molecule has 1 aliphatic rings. The average molecular weight is 410 g/mol. The maximum Gasteiger partial charge on any atom is 4.00 e. The van der Waals surface area contributed by atoms with E-state index in [0.29, 0.717) is 0 Å². The van der Waals surface area contributed by atoms with Gasteiger partial charge in [0.2, 0.25) is 0 Å². The first-order valence-electron chi connectivity index (χ1n) is 6.74. The van der Waals surface area contributed by atoms with Crippen molar-refractivity contribution in [2.24, 2.45) is 0 Å². The van der Waals surface area contributed by atoms with Crippen LogP contribution >= 0.6 is 0 Å². The Morgan fingerprint density at radius 2 is 1.45 bits per heavy atom. The van der Waals surface area contributed by atoms with Crippen molar-refractivity contribution in [3.63, 3.8) is 0 Å². The third-order valence-corrected chi connectivity index (χ3v) is 5.54. The number of rotatable bonds is 3. The number of aryl methyl sites for hydroxylation is 2. The van der Waals surface area contributed by atoms with E-state index in [2.05, 4.69) is 63.8 Å². The second kappa shape index (κ2) is 11.1. The van der Waals surface area contributed by atoms with Crippen LogP contribution < -0.4 is 37.2 Å². The third-order valence-electron chi connectivity index (χ3n) is 3.42. The molecule has 0 saturated heterocycles. The summed E-state index contributed by atoms with van der Waals surface area (Å²) in [4.78, 5) is 0. The van der Waals surface area contributed by atoms with Crippen molar-refractivity contribution in [2.45, 2.75) is 46.3 Å². The fourth-order valence-corrected chi connectivity index (χ4v) is 4.58. The number of halogens is 3. The Labute approximate surface area is 170 Å². The van der Waals surface area contributed by atoms with Crippen LogP contribution in [0.5, 0.6) is 0 Å². The second-order valence-electron chi connectivity index (χ2n) is 6.40. The molecule has 22 heavy (non-hydrogen) atoms. The van der Waals surface area contributed by atoms with Gasteiger partial charge in [-0.15, -0.1) is 6.42 Å². The molecule has 5 heteroatoms. The van der Waals surface area contributed by atoms with Gasteiger partial charge in [-0.05, 0) is 33.9 Å². The number of hydrogen-bond acceptors (Lipinski definition) is 0. The molecule has 0 fully saturated rings. The molecule has 0 bridgehead atoms. The van der Waals surface area contributed by atoms with Crippen molar-refractivity contribution in [3.8, 4) is 0 Å². The van der Waals surface area contributed by atoms with E-state index in [-0.39, 0.29) is 58.9 Å². The van der Waals surface area contributed by atoms with E-state index >= 15 is 0 Å². The predicted octanol–water partition coefficient (Wildman–Crippen LogP) is -4.21. The summed E-state index contributed by atoms with van der Waals surface area (Å²) in [5.74, 6) is 0. The molecule has 1 aliphatic carbocycles. The first kappa shape index (κ1) is 27.4. The molecule has 0 radical (unpaired) electrons. The summed E-state index contributed by atoms with van der Waals surface area (Å²) in [6.07, 6.45) is 8.02. The molecule has 0 aliphatic heterocycles. The quantitative estimate of drug-likeness (QED) is 0.351. The van der Waals surface area contributed by atoms with E-state index in [0.717, 1.165) is 12.8 Å². The normalized spacial score (nSPS) is 12.8. The minimum atomic E-state index is -1.21. The van der Waals surface area contributed by atoms with Crippen molar-refractivity contribution < 1.29 is 58.9 Å². The van der Waals surface area contributed by atoms with Crippen molar-refractivity contribution in [1.82, 2.24) is 0 Å². The average Bonchev–Trinajstić information content (AvgIpc) is 2.63. The number of allylic oxidation sites excluding steroid dienone is 4. The number of benzene rings is 1. The Bertz CT molecular complexity index is 511. The molecular weight excluding hydrogens is 386 g/mol. The third kappa shape index (κ3) is 7.38. The van der Waals surface area contributed by atoms with Crippen molar-refractivity contribution in [3.05, 3.63) is 57.8 Å². The molecule has 0 heterocycles. The van der Waals surface area contributed by atoms with Gasteiger partial charge in [0.1, 0.15) is 0 Å². The van der Waals surface area contributed by atoms with Gasteiger partial charge < -0.3 is 37.2 Å². The molecule has 0 N–H and O–H groups in total. The van der Waals surface area contributed by atoms with Gasteiger partial charge in [-0.1, -0.05) is 49.0 Å². The molecule has 0 atom stereocenters. The van der Waals surface area contributed by atoms with Crippen LogP contribution in [-0.2, 0) is 28.1 Å². The minimum Gasteiger partial charge on any atom is -1.00 e. The minimum absolute atomic E-state index is 0. The maximum atomic E-state index is 3.56. The van der Waals surface area contributed by atoms with Crippen LogP contribution in [0, 0.1) is 19.9 Å². The van der Waals surface area contributed by atoms with Gasteiger partial charge in [-0.2, -0.15) is 6.08 Å². The maximum absolute atomic E-state index is 3.56. The smallest absolute Gasteiger partial charge is 1.00 e. The largest absolute Gasteiger partial charge is 4.00 e. The van der Waals surface area contributed by atoms with Crippen LogP contribution in [0.15, 0.2) is 35.0 Å². The summed E-state index contributed by atoms with van der Waals surface area (Å²) >= 11 is 0. The summed E-state index contributed by atoms with van der Waals surface area (Å²) in [6.45, 7) is 11.6. The van der Waals surface area contributed by atoms with Gasteiger partial charge in [0, 0.05) is 0 Å².